The second kappa shape index (κ2) is 9.29. The molecular weight excluding hydrogens is 404 g/mol. The van der Waals surface area contributed by atoms with Crippen LogP contribution in [0.25, 0.3) is 10.8 Å². The molecule has 0 aromatic heterocycles. The predicted molar refractivity (Wildman–Crippen MR) is 107 cm³/mol. The van der Waals surface area contributed by atoms with Crippen LogP contribution in [0.2, 0.25) is 0 Å². The Morgan fingerprint density at radius 2 is 1.11 bits per heavy atom. The second-order valence-electron chi connectivity index (χ2n) is 6.43. The van der Waals surface area contributed by atoms with E-state index in [1.807, 2.05) is 0 Å². The van der Waals surface area contributed by atoms with Crippen molar-refractivity contribution >= 4 is 30.8 Å². The maximum absolute atomic E-state index is 12.8. The van der Waals surface area contributed by atoms with E-state index in [4.69, 9.17) is 0 Å². The van der Waals surface area contributed by atoms with Crippen LogP contribution in [0.3, 0.4) is 0 Å². The summed E-state index contributed by atoms with van der Waals surface area (Å²) in [5.41, 5.74) is 0. The Morgan fingerprint density at radius 1 is 0.750 bits per heavy atom. The van der Waals surface area contributed by atoms with Gasteiger partial charge < -0.3 is 10.2 Å². The van der Waals surface area contributed by atoms with Gasteiger partial charge in [0.2, 0.25) is 20.0 Å². The molecule has 0 spiro atoms. The number of benzene rings is 2. The third-order valence-corrected chi connectivity index (χ3v) is 7.65. The smallest absolute Gasteiger partial charge is 0.241 e. The Kier molecular flexibility index (Phi) is 7.54. The molecule has 0 aliphatic rings. The van der Waals surface area contributed by atoms with E-state index in [0.29, 0.717) is 12.8 Å². The lowest BCUT2D eigenvalue weighted by molar-refractivity contribution is 0.253. The largest absolute Gasteiger partial charge is 0.395 e. The van der Waals surface area contributed by atoms with E-state index in [9.17, 15) is 27.0 Å². The van der Waals surface area contributed by atoms with Gasteiger partial charge in [0, 0.05) is 22.9 Å². The van der Waals surface area contributed by atoms with Crippen LogP contribution in [0.15, 0.2) is 46.2 Å². The maximum Gasteiger partial charge on any atom is 0.241 e. The Balaban J connectivity index is 2.60. The SMILES string of the molecule is CC[C@H](CO)NS(=O)(=O)c1cccc2c(S(=O)(=O)N[C@@H](CC)CO)cccc12. The lowest BCUT2D eigenvalue weighted by Gasteiger charge is -2.18. The molecule has 10 heteroatoms. The molecule has 28 heavy (non-hydrogen) atoms. The fourth-order valence-corrected chi connectivity index (χ4v) is 5.85. The number of nitrogens with one attached hydrogen (secondary N) is 2. The van der Waals surface area contributed by atoms with E-state index in [1.54, 1.807) is 13.8 Å². The van der Waals surface area contributed by atoms with E-state index in [1.165, 1.54) is 36.4 Å². The molecule has 0 saturated carbocycles. The molecule has 2 rings (SSSR count). The van der Waals surface area contributed by atoms with Gasteiger partial charge in [0.1, 0.15) is 0 Å². The summed E-state index contributed by atoms with van der Waals surface area (Å²) in [6.45, 7) is 2.80. The summed E-state index contributed by atoms with van der Waals surface area (Å²) in [5, 5.41) is 19.1. The third-order valence-electron chi connectivity index (χ3n) is 4.49. The lowest BCUT2D eigenvalue weighted by atomic mass is 10.1. The summed E-state index contributed by atoms with van der Waals surface area (Å²) in [6.07, 6.45) is 0.813. The highest BCUT2D eigenvalue weighted by Gasteiger charge is 2.25. The molecule has 2 aromatic rings. The summed E-state index contributed by atoms with van der Waals surface area (Å²) >= 11 is 0. The fourth-order valence-electron chi connectivity index (χ4n) is 2.79. The molecule has 0 saturated heterocycles. The predicted octanol–water partition coefficient (Wildman–Crippen LogP) is 0.938. The van der Waals surface area contributed by atoms with Crippen LogP contribution in [0, 0.1) is 0 Å². The molecule has 0 amide bonds. The van der Waals surface area contributed by atoms with E-state index in [-0.39, 0.29) is 33.8 Å². The minimum Gasteiger partial charge on any atom is -0.395 e. The molecule has 8 nitrogen and oxygen atoms in total. The van der Waals surface area contributed by atoms with Crippen LogP contribution in [-0.4, -0.2) is 52.3 Å². The molecule has 0 radical (unpaired) electrons. The standard InChI is InChI=1S/C18H26N2O6S2/c1-3-13(11-21)19-27(23,24)17-9-5-8-16-15(17)7-6-10-18(16)28(25,26)20-14(4-2)12-22/h5-10,13-14,19-22H,3-4,11-12H2,1-2H3/t13-,14+. The van der Waals surface area contributed by atoms with Crippen molar-refractivity contribution in [2.75, 3.05) is 13.2 Å². The molecule has 2 aromatic carbocycles. The zero-order chi connectivity index (χ0) is 20.9. The first-order valence-electron chi connectivity index (χ1n) is 8.98. The molecule has 0 unspecified atom stereocenters. The normalized spacial score (nSPS) is 14.9. The average molecular weight is 431 g/mol. The van der Waals surface area contributed by atoms with Crippen molar-refractivity contribution < 1.29 is 27.0 Å². The van der Waals surface area contributed by atoms with E-state index >= 15 is 0 Å². The Hall–Kier alpha value is -1.56. The maximum atomic E-state index is 12.8. The van der Waals surface area contributed by atoms with Gasteiger partial charge in [-0.2, -0.15) is 0 Å². The van der Waals surface area contributed by atoms with Crippen molar-refractivity contribution in [1.82, 2.24) is 9.44 Å². The molecule has 0 aliphatic carbocycles. The highest BCUT2D eigenvalue weighted by Crippen LogP contribution is 2.28. The fraction of sp³-hybridized carbons (Fsp3) is 0.444. The molecule has 0 aliphatic heterocycles. The number of hydrogen-bond donors (Lipinski definition) is 4. The average Bonchev–Trinajstić information content (AvgIpc) is 2.69. The van der Waals surface area contributed by atoms with E-state index in [0.717, 1.165) is 0 Å². The third kappa shape index (κ3) is 4.88. The van der Waals surface area contributed by atoms with E-state index < -0.39 is 32.1 Å². The summed E-state index contributed by atoms with van der Waals surface area (Å²) < 4.78 is 56.0. The molecule has 4 N–H and O–H groups in total. The minimum atomic E-state index is -3.97. The van der Waals surface area contributed by atoms with Gasteiger partial charge in [-0.1, -0.05) is 38.1 Å². The van der Waals surface area contributed by atoms with Crippen LogP contribution in [0.1, 0.15) is 26.7 Å². The van der Waals surface area contributed by atoms with Crippen LogP contribution in [0.5, 0.6) is 0 Å². The van der Waals surface area contributed by atoms with Gasteiger partial charge in [-0.3, -0.25) is 0 Å². The monoisotopic (exact) mass is 430 g/mol. The van der Waals surface area contributed by atoms with Crippen LogP contribution < -0.4 is 9.44 Å². The number of aliphatic hydroxyl groups excluding tert-OH is 2. The molecule has 0 fully saturated rings. The van der Waals surface area contributed by atoms with E-state index in [2.05, 4.69) is 9.44 Å². The second-order valence-corrected chi connectivity index (χ2v) is 9.79. The van der Waals surface area contributed by atoms with Crippen molar-refractivity contribution in [2.24, 2.45) is 0 Å². The van der Waals surface area contributed by atoms with Gasteiger partial charge in [0.05, 0.1) is 23.0 Å². The zero-order valence-corrected chi connectivity index (χ0v) is 17.4. The Bertz CT molecular complexity index is 930. The molecule has 0 heterocycles. The van der Waals surface area contributed by atoms with Gasteiger partial charge in [-0.05, 0) is 25.0 Å². The quantitative estimate of drug-likeness (QED) is 0.443. The summed E-state index contributed by atoms with van der Waals surface area (Å²) in [6, 6.07) is 7.52. The number of aliphatic hydroxyl groups is 2. The van der Waals surface area contributed by atoms with Gasteiger partial charge in [0.25, 0.3) is 0 Å². The topological polar surface area (TPSA) is 133 Å². The van der Waals surface area contributed by atoms with Crippen LogP contribution in [-0.2, 0) is 20.0 Å². The highest BCUT2D eigenvalue weighted by atomic mass is 32.2. The van der Waals surface area contributed by atoms with Crippen LogP contribution >= 0.6 is 0 Å². The van der Waals surface area contributed by atoms with Gasteiger partial charge in [-0.15, -0.1) is 0 Å². The Morgan fingerprint density at radius 3 is 1.39 bits per heavy atom. The highest BCUT2D eigenvalue weighted by molar-refractivity contribution is 7.90. The molecular formula is C18H26N2O6S2. The van der Waals surface area contributed by atoms with Crippen molar-refractivity contribution in [3.63, 3.8) is 0 Å². The van der Waals surface area contributed by atoms with Crippen molar-refractivity contribution in [1.29, 1.82) is 0 Å². The lowest BCUT2D eigenvalue weighted by Crippen LogP contribution is -2.37. The van der Waals surface area contributed by atoms with Gasteiger partial charge in [0.15, 0.2) is 0 Å². The number of rotatable bonds is 10. The number of fused-ring (bicyclic) bond motifs is 1. The van der Waals surface area contributed by atoms with Gasteiger partial charge >= 0.3 is 0 Å². The van der Waals surface area contributed by atoms with Crippen molar-refractivity contribution in [3.05, 3.63) is 36.4 Å². The Labute approximate surface area is 165 Å². The first-order valence-corrected chi connectivity index (χ1v) is 11.9. The summed E-state index contributed by atoms with van der Waals surface area (Å²) in [4.78, 5) is -0.133. The van der Waals surface area contributed by atoms with Crippen LogP contribution in [0.4, 0.5) is 0 Å². The van der Waals surface area contributed by atoms with Crippen molar-refractivity contribution in [3.8, 4) is 0 Å². The zero-order valence-electron chi connectivity index (χ0n) is 15.8. The summed E-state index contributed by atoms with van der Waals surface area (Å²) in [5.74, 6) is 0. The summed E-state index contributed by atoms with van der Waals surface area (Å²) in [7, 11) is -7.94. The first kappa shape index (κ1) is 22.7. The minimum absolute atomic E-state index is 0.0665. The number of sulfonamides is 2. The van der Waals surface area contributed by atoms with Gasteiger partial charge in [-0.25, -0.2) is 26.3 Å². The molecule has 0 bridgehead atoms. The molecule has 156 valence electrons. The molecule has 2 atom stereocenters. The number of hydrogen-bond acceptors (Lipinski definition) is 6. The first-order chi connectivity index (χ1) is 13.2. The van der Waals surface area contributed by atoms with Crippen molar-refractivity contribution in [2.45, 2.75) is 48.6 Å².